The molecule has 90 valence electrons. The maximum Gasteiger partial charge on any atom is 0.152 e. The summed E-state index contributed by atoms with van der Waals surface area (Å²) in [7, 11) is 0. The minimum absolute atomic E-state index is 0.0907. The number of nitrogens with zero attached hydrogens (tertiary/aromatic N) is 1. The second kappa shape index (κ2) is 4.17. The standard InChI is InChI=1S/C15H19NO/c1-11(17)15-9-13-7-2-3-8-14(13)16(15)10-12-5-4-6-12/h2-3,7-8,12,15H,4-6,9-10H2,1H3. The molecular weight excluding hydrogens is 210 g/mol. The molecule has 1 heterocycles. The zero-order valence-electron chi connectivity index (χ0n) is 10.4. The Morgan fingerprint density at radius 1 is 1.35 bits per heavy atom. The van der Waals surface area contributed by atoms with Crippen LogP contribution in [0.5, 0.6) is 0 Å². The van der Waals surface area contributed by atoms with E-state index in [4.69, 9.17) is 0 Å². The average Bonchev–Trinajstić information content (AvgIpc) is 2.62. The number of carbonyl (C=O) groups excluding carboxylic acids is 1. The summed E-state index contributed by atoms with van der Waals surface area (Å²) < 4.78 is 0. The summed E-state index contributed by atoms with van der Waals surface area (Å²) in [6.45, 7) is 2.80. The number of para-hydroxylation sites is 1. The lowest BCUT2D eigenvalue weighted by molar-refractivity contribution is -0.118. The highest BCUT2D eigenvalue weighted by Crippen LogP contribution is 2.36. The molecule has 2 nitrogen and oxygen atoms in total. The van der Waals surface area contributed by atoms with Gasteiger partial charge in [-0.1, -0.05) is 24.6 Å². The molecule has 1 atom stereocenters. The van der Waals surface area contributed by atoms with Gasteiger partial charge in [-0.05, 0) is 37.3 Å². The van der Waals surface area contributed by atoms with Gasteiger partial charge >= 0.3 is 0 Å². The molecule has 1 aliphatic heterocycles. The molecule has 17 heavy (non-hydrogen) atoms. The molecule has 3 rings (SSSR count). The Bertz CT molecular complexity index is 436. The van der Waals surface area contributed by atoms with E-state index < -0.39 is 0 Å². The fraction of sp³-hybridized carbons (Fsp3) is 0.533. The van der Waals surface area contributed by atoms with Crippen molar-refractivity contribution in [1.29, 1.82) is 0 Å². The Hall–Kier alpha value is -1.31. The van der Waals surface area contributed by atoms with Gasteiger partial charge in [0.05, 0.1) is 6.04 Å². The summed E-state index contributed by atoms with van der Waals surface area (Å²) in [6.07, 6.45) is 4.94. The number of fused-ring (bicyclic) bond motifs is 1. The quantitative estimate of drug-likeness (QED) is 0.794. The Kier molecular flexibility index (Phi) is 2.65. The normalized spacial score (nSPS) is 23.4. The first-order chi connectivity index (χ1) is 8.25. The summed E-state index contributed by atoms with van der Waals surface area (Å²) in [5, 5.41) is 0. The molecule has 1 aromatic rings. The molecular formula is C15H19NO. The number of hydrogen-bond acceptors (Lipinski definition) is 2. The lowest BCUT2D eigenvalue weighted by atomic mass is 9.85. The van der Waals surface area contributed by atoms with Crippen molar-refractivity contribution in [3.8, 4) is 0 Å². The first-order valence-corrected chi connectivity index (χ1v) is 6.60. The SMILES string of the molecule is CC(=O)C1Cc2ccccc2N1CC1CCC1. The predicted octanol–water partition coefficient (Wildman–Crippen LogP) is 2.81. The van der Waals surface area contributed by atoms with Gasteiger partial charge in [0.25, 0.3) is 0 Å². The van der Waals surface area contributed by atoms with Crippen molar-refractivity contribution in [2.24, 2.45) is 5.92 Å². The van der Waals surface area contributed by atoms with Gasteiger partial charge in [-0.15, -0.1) is 0 Å². The van der Waals surface area contributed by atoms with Gasteiger partial charge in [-0.2, -0.15) is 0 Å². The van der Waals surface area contributed by atoms with E-state index in [2.05, 4.69) is 29.2 Å². The fourth-order valence-electron chi connectivity index (χ4n) is 2.99. The lowest BCUT2D eigenvalue weighted by Crippen LogP contribution is -2.41. The van der Waals surface area contributed by atoms with Crippen LogP contribution in [0.3, 0.4) is 0 Å². The highest BCUT2D eigenvalue weighted by atomic mass is 16.1. The number of hydrogen-bond donors (Lipinski definition) is 0. The number of rotatable bonds is 3. The zero-order valence-corrected chi connectivity index (χ0v) is 10.4. The maximum absolute atomic E-state index is 11.8. The lowest BCUT2D eigenvalue weighted by Gasteiger charge is -2.34. The van der Waals surface area contributed by atoms with Crippen molar-refractivity contribution in [2.45, 2.75) is 38.6 Å². The van der Waals surface area contributed by atoms with Crippen LogP contribution in [0.4, 0.5) is 5.69 Å². The van der Waals surface area contributed by atoms with E-state index in [1.54, 1.807) is 6.92 Å². The minimum atomic E-state index is 0.0907. The average molecular weight is 229 g/mol. The molecule has 0 spiro atoms. The maximum atomic E-state index is 11.8. The Morgan fingerprint density at radius 2 is 2.12 bits per heavy atom. The molecule has 1 aliphatic carbocycles. The Labute approximate surface area is 103 Å². The summed E-state index contributed by atoms with van der Waals surface area (Å²) in [6, 6.07) is 8.56. The second-order valence-corrected chi connectivity index (χ2v) is 5.41. The molecule has 0 amide bonds. The molecule has 0 radical (unpaired) electrons. The van der Waals surface area contributed by atoms with Crippen LogP contribution in [0, 0.1) is 5.92 Å². The third-order valence-electron chi connectivity index (χ3n) is 4.24. The summed E-state index contributed by atoms with van der Waals surface area (Å²) in [5.41, 5.74) is 2.63. The first-order valence-electron chi connectivity index (χ1n) is 6.60. The van der Waals surface area contributed by atoms with E-state index in [1.165, 1.54) is 30.5 Å². The van der Waals surface area contributed by atoms with Gasteiger partial charge in [0.15, 0.2) is 5.78 Å². The fourth-order valence-corrected chi connectivity index (χ4v) is 2.99. The molecule has 2 aliphatic rings. The van der Waals surface area contributed by atoms with Gasteiger partial charge in [0, 0.05) is 18.7 Å². The van der Waals surface area contributed by atoms with Crippen LogP contribution >= 0.6 is 0 Å². The van der Waals surface area contributed by atoms with Gasteiger partial charge in [0.2, 0.25) is 0 Å². The molecule has 1 fully saturated rings. The topological polar surface area (TPSA) is 20.3 Å². The minimum Gasteiger partial charge on any atom is -0.361 e. The number of anilines is 1. The zero-order chi connectivity index (χ0) is 11.8. The van der Waals surface area contributed by atoms with Crippen LogP contribution in [-0.4, -0.2) is 18.4 Å². The van der Waals surface area contributed by atoms with Crippen LogP contribution in [0.1, 0.15) is 31.7 Å². The smallest absolute Gasteiger partial charge is 0.152 e. The van der Waals surface area contributed by atoms with Crippen LogP contribution in [0.15, 0.2) is 24.3 Å². The molecule has 1 saturated carbocycles. The number of carbonyl (C=O) groups is 1. The largest absolute Gasteiger partial charge is 0.361 e. The van der Waals surface area contributed by atoms with Crippen molar-refractivity contribution in [3.63, 3.8) is 0 Å². The highest BCUT2D eigenvalue weighted by molar-refractivity contribution is 5.88. The van der Waals surface area contributed by atoms with Crippen LogP contribution in [0.25, 0.3) is 0 Å². The van der Waals surface area contributed by atoms with Gasteiger partial charge < -0.3 is 4.90 Å². The number of Topliss-reactive ketones (excluding diaryl/α,β-unsaturated/α-hetero) is 1. The van der Waals surface area contributed by atoms with Crippen molar-refractivity contribution < 1.29 is 4.79 Å². The monoisotopic (exact) mass is 229 g/mol. The van der Waals surface area contributed by atoms with Crippen LogP contribution in [-0.2, 0) is 11.2 Å². The van der Waals surface area contributed by atoms with E-state index >= 15 is 0 Å². The van der Waals surface area contributed by atoms with Crippen molar-refractivity contribution >= 4 is 11.5 Å². The van der Waals surface area contributed by atoms with E-state index in [-0.39, 0.29) is 6.04 Å². The van der Waals surface area contributed by atoms with Crippen molar-refractivity contribution in [2.75, 3.05) is 11.4 Å². The summed E-state index contributed by atoms with van der Waals surface area (Å²) in [4.78, 5) is 14.1. The number of ketones is 1. The van der Waals surface area contributed by atoms with Gasteiger partial charge in [-0.3, -0.25) is 4.79 Å². The Morgan fingerprint density at radius 3 is 2.76 bits per heavy atom. The predicted molar refractivity (Wildman–Crippen MR) is 69.3 cm³/mol. The third-order valence-corrected chi connectivity index (χ3v) is 4.24. The molecule has 1 unspecified atom stereocenters. The first kappa shape index (κ1) is 10.8. The van der Waals surface area contributed by atoms with Crippen LogP contribution in [0.2, 0.25) is 0 Å². The third kappa shape index (κ3) is 1.86. The molecule has 0 aromatic heterocycles. The summed E-state index contributed by atoms with van der Waals surface area (Å²) in [5.74, 6) is 1.11. The van der Waals surface area contributed by atoms with E-state index in [0.717, 1.165) is 18.9 Å². The molecule has 0 saturated heterocycles. The van der Waals surface area contributed by atoms with Crippen molar-refractivity contribution in [3.05, 3.63) is 29.8 Å². The van der Waals surface area contributed by atoms with Gasteiger partial charge in [-0.25, -0.2) is 0 Å². The molecule has 0 N–H and O–H groups in total. The van der Waals surface area contributed by atoms with Crippen molar-refractivity contribution in [1.82, 2.24) is 0 Å². The Balaban J connectivity index is 1.87. The van der Waals surface area contributed by atoms with Gasteiger partial charge in [0.1, 0.15) is 0 Å². The van der Waals surface area contributed by atoms with E-state index in [0.29, 0.717) is 5.78 Å². The summed E-state index contributed by atoms with van der Waals surface area (Å²) >= 11 is 0. The van der Waals surface area contributed by atoms with Crippen LogP contribution < -0.4 is 4.90 Å². The van der Waals surface area contributed by atoms with E-state index in [9.17, 15) is 4.79 Å². The molecule has 0 bridgehead atoms. The second-order valence-electron chi connectivity index (χ2n) is 5.41. The molecule has 1 aromatic carbocycles. The molecule has 2 heteroatoms. The van der Waals surface area contributed by atoms with E-state index in [1.807, 2.05) is 0 Å². The highest BCUT2D eigenvalue weighted by Gasteiger charge is 2.34. The number of benzene rings is 1.